The molecule has 1 radical (unpaired) electrons. The molecule has 0 rings (SSSR count). The molecule has 0 aromatic rings. The van der Waals surface area contributed by atoms with E-state index in [1.807, 2.05) is 0 Å². The summed E-state index contributed by atoms with van der Waals surface area (Å²) in [5.41, 5.74) is 0.0263. The number of carboxylic acids is 1. The van der Waals surface area contributed by atoms with Gasteiger partial charge in [0.25, 0.3) is 0 Å². The van der Waals surface area contributed by atoms with Gasteiger partial charge in [-0.05, 0) is 45.4 Å². The first-order valence-corrected chi connectivity index (χ1v) is 9.97. The Kier molecular flexibility index (Phi) is 21.7. The quantitative estimate of drug-likeness (QED) is 0.0780. The number of hydrogen-bond donors (Lipinski definition) is 1. The number of carbonyl (C=O) groups is 2. The maximum absolute atomic E-state index is 11.4. The van der Waals surface area contributed by atoms with Crippen molar-refractivity contribution >= 4 is 11.9 Å². The summed E-state index contributed by atoms with van der Waals surface area (Å²) in [6, 6.07) is 0. The molecule has 0 aliphatic carbocycles. The zero-order chi connectivity index (χ0) is 19.5. The van der Waals surface area contributed by atoms with Gasteiger partial charge >= 0.3 is 11.9 Å². The minimum atomic E-state index is -1.07. The second kappa shape index (κ2) is 21.0. The van der Waals surface area contributed by atoms with Gasteiger partial charge < -0.3 is 9.84 Å². The van der Waals surface area contributed by atoms with Crippen molar-refractivity contribution in [3.8, 4) is 0 Å². The number of esters is 1. The van der Waals surface area contributed by atoms with Crippen LogP contribution < -0.4 is 0 Å². The van der Waals surface area contributed by atoms with Crippen molar-refractivity contribution in [3.63, 3.8) is 0 Å². The molecule has 0 aliphatic heterocycles. The minimum Gasteiger partial charge on any atom is -0.478 e. The Balaban J connectivity index is 0. The van der Waals surface area contributed by atoms with Crippen LogP contribution in [0.15, 0.2) is 36.1 Å². The summed E-state index contributed by atoms with van der Waals surface area (Å²) in [5.74, 6) is -1.44. The first kappa shape index (κ1) is 27.9. The Bertz CT molecular complexity index is 467. The van der Waals surface area contributed by atoms with Gasteiger partial charge in [0.2, 0.25) is 0 Å². The first-order chi connectivity index (χ1) is 12.6. The van der Waals surface area contributed by atoms with E-state index in [2.05, 4.69) is 31.2 Å². The fourth-order valence-corrected chi connectivity index (χ4v) is 2.34. The predicted molar refractivity (Wildman–Crippen MR) is 107 cm³/mol. The number of allylic oxidation sites excluding steroid dienone is 4. The van der Waals surface area contributed by atoms with Crippen molar-refractivity contribution in [2.45, 2.75) is 90.9 Å². The molecule has 0 fully saturated rings. The Morgan fingerprint density at radius 1 is 0.852 bits per heavy atom. The molecule has 1 N–H and O–H groups in total. The summed E-state index contributed by atoms with van der Waals surface area (Å²) >= 11 is 0. The van der Waals surface area contributed by atoms with Crippen LogP contribution in [0.4, 0.5) is 0 Å². The molecule has 0 amide bonds. The third-order valence-corrected chi connectivity index (χ3v) is 4.04. The summed E-state index contributed by atoms with van der Waals surface area (Å²) in [7, 11) is 0. The van der Waals surface area contributed by atoms with Crippen LogP contribution in [0.3, 0.4) is 0 Å². The molecule has 0 saturated carbocycles. The number of ether oxygens (including phenoxy) is 1. The Hall–Kier alpha value is -1.32. The van der Waals surface area contributed by atoms with E-state index in [4.69, 9.17) is 9.84 Å². The number of rotatable bonds is 16. The van der Waals surface area contributed by atoms with Gasteiger partial charge in [-0.25, -0.2) is 4.79 Å². The van der Waals surface area contributed by atoms with Gasteiger partial charge in [0.15, 0.2) is 0 Å². The summed E-state index contributed by atoms with van der Waals surface area (Å²) in [6.07, 6.45) is 22.9. The Morgan fingerprint density at radius 2 is 1.41 bits per heavy atom. The molecule has 0 aliphatic rings. The summed E-state index contributed by atoms with van der Waals surface area (Å²) in [5, 5.41) is 8.64. The minimum absolute atomic E-state index is 0. The molecule has 0 unspecified atom stereocenters. The van der Waals surface area contributed by atoms with Crippen LogP contribution in [-0.2, 0) is 31.4 Å². The van der Waals surface area contributed by atoms with Crippen LogP contribution in [0.25, 0.3) is 0 Å². The second-order valence-corrected chi connectivity index (χ2v) is 6.58. The van der Waals surface area contributed by atoms with E-state index >= 15 is 0 Å². The molecular weight excluding hydrogens is 392 g/mol. The number of carbonyl (C=O) groups excluding carboxylic acids is 1. The van der Waals surface area contributed by atoms with Gasteiger partial charge in [0.05, 0.1) is 5.57 Å². The molecule has 0 heterocycles. The third-order valence-electron chi connectivity index (χ3n) is 4.04. The first-order valence-electron chi connectivity index (χ1n) is 9.97. The summed E-state index contributed by atoms with van der Waals surface area (Å²) in [4.78, 5) is 22.0. The van der Waals surface area contributed by atoms with Gasteiger partial charge in [-0.2, -0.15) is 0 Å². The van der Waals surface area contributed by atoms with Crippen LogP contribution >= 0.6 is 0 Å². The SMILES string of the molecule is CCCCC/C=C/C/C=C/CCCCCCCC(=O)OC=C(C)C(=O)O.[Cu]. The molecule has 0 atom stereocenters. The topological polar surface area (TPSA) is 63.6 Å². The largest absolute Gasteiger partial charge is 0.478 e. The fraction of sp³-hybridized carbons (Fsp3) is 0.636. The van der Waals surface area contributed by atoms with Crippen molar-refractivity contribution < 1.29 is 36.5 Å². The predicted octanol–water partition coefficient (Wildman–Crippen LogP) is 6.33. The van der Waals surface area contributed by atoms with E-state index in [1.165, 1.54) is 45.4 Å². The zero-order valence-corrected chi connectivity index (χ0v) is 17.8. The van der Waals surface area contributed by atoms with E-state index in [0.29, 0.717) is 6.42 Å². The molecule has 0 aromatic heterocycles. The monoisotopic (exact) mass is 427 g/mol. The molecular formula is C22H36CuO4. The van der Waals surface area contributed by atoms with E-state index < -0.39 is 5.97 Å². The molecule has 0 saturated heterocycles. The summed E-state index contributed by atoms with van der Waals surface area (Å²) < 4.78 is 4.79. The van der Waals surface area contributed by atoms with Crippen LogP contribution in [-0.4, -0.2) is 17.0 Å². The number of carboxylic acid groups (broad SMARTS) is 1. The average molecular weight is 428 g/mol. The van der Waals surface area contributed by atoms with Gasteiger partial charge in [0, 0.05) is 23.5 Å². The van der Waals surface area contributed by atoms with E-state index in [9.17, 15) is 9.59 Å². The van der Waals surface area contributed by atoms with Crippen LogP contribution in [0.5, 0.6) is 0 Å². The molecule has 5 heteroatoms. The van der Waals surface area contributed by atoms with E-state index in [1.54, 1.807) is 0 Å². The molecule has 27 heavy (non-hydrogen) atoms. The van der Waals surface area contributed by atoms with Crippen molar-refractivity contribution in [1.82, 2.24) is 0 Å². The molecule has 159 valence electrons. The fourth-order valence-electron chi connectivity index (χ4n) is 2.34. The second-order valence-electron chi connectivity index (χ2n) is 6.58. The zero-order valence-electron chi connectivity index (χ0n) is 16.8. The van der Waals surface area contributed by atoms with Gasteiger partial charge in [-0.15, -0.1) is 0 Å². The van der Waals surface area contributed by atoms with Crippen molar-refractivity contribution in [1.29, 1.82) is 0 Å². The van der Waals surface area contributed by atoms with E-state index in [0.717, 1.165) is 38.4 Å². The van der Waals surface area contributed by atoms with Crippen molar-refractivity contribution in [2.75, 3.05) is 0 Å². The number of hydrogen-bond acceptors (Lipinski definition) is 3. The van der Waals surface area contributed by atoms with Crippen LogP contribution in [0, 0.1) is 0 Å². The molecule has 0 spiro atoms. The van der Waals surface area contributed by atoms with Gasteiger partial charge in [-0.1, -0.05) is 63.3 Å². The maximum atomic E-state index is 11.4. The van der Waals surface area contributed by atoms with Gasteiger partial charge in [-0.3, -0.25) is 4.79 Å². The number of unbranched alkanes of at least 4 members (excludes halogenated alkanes) is 8. The average Bonchev–Trinajstić information content (AvgIpc) is 2.62. The standard InChI is InChI=1S/C22H36O4.Cu/c1-3-4-5-6-7-8-9-10-11-12-13-14-15-16-17-18-21(23)26-19-20(2)22(24)25;/h7-8,10-11,19H,3-6,9,12-18H2,1-2H3,(H,24,25);/b8-7+,11-10+,20-19?;. The Labute approximate surface area is 175 Å². The van der Waals surface area contributed by atoms with Gasteiger partial charge in [0.1, 0.15) is 6.26 Å². The smallest absolute Gasteiger partial charge is 0.334 e. The molecule has 4 nitrogen and oxygen atoms in total. The summed E-state index contributed by atoms with van der Waals surface area (Å²) in [6.45, 7) is 3.62. The normalized spacial score (nSPS) is 11.7. The maximum Gasteiger partial charge on any atom is 0.334 e. The van der Waals surface area contributed by atoms with Crippen LogP contribution in [0.2, 0.25) is 0 Å². The Morgan fingerprint density at radius 3 is 2.00 bits per heavy atom. The molecule has 0 aromatic carbocycles. The number of aliphatic carboxylic acids is 1. The third kappa shape index (κ3) is 20.8. The molecule has 0 bridgehead atoms. The van der Waals surface area contributed by atoms with Crippen molar-refractivity contribution in [2.24, 2.45) is 0 Å². The van der Waals surface area contributed by atoms with Crippen molar-refractivity contribution in [3.05, 3.63) is 36.1 Å². The van der Waals surface area contributed by atoms with Crippen LogP contribution in [0.1, 0.15) is 90.9 Å². The van der Waals surface area contributed by atoms with E-state index in [-0.39, 0.29) is 28.6 Å².